The van der Waals surface area contributed by atoms with Crippen molar-refractivity contribution in [2.45, 2.75) is 12.1 Å². The highest BCUT2D eigenvalue weighted by Crippen LogP contribution is 2.43. The Kier molecular flexibility index (Phi) is 3.81. The molecule has 2 bridgehead atoms. The average molecular weight is 374 g/mol. The highest BCUT2D eigenvalue weighted by molar-refractivity contribution is 7.75. The van der Waals surface area contributed by atoms with Crippen LogP contribution in [0, 0.1) is 0 Å². The summed E-state index contributed by atoms with van der Waals surface area (Å²) in [7, 11) is 0. The minimum Gasteiger partial charge on any atom is -0.368 e. The molecule has 0 radical (unpaired) electrons. The van der Waals surface area contributed by atoms with Gasteiger partial charge in [0.05, 0.1) is 6.54 Å². The molecule has 2 aromatic rings. The van der Waals surface area contributed by atoms with Gasteiger partial charge in [0.15, 0.2) is 6.04 Å². The number of carbonyl (C=O) groups is 3. The Hall–Kier alpha value is -3.05. The van der Waals surface area contributed by atoms with Crippen molar-refractivity contribution in [1.82, 2.24) is 19.7 Å². The first kappa shape index (κ1) is 16.4. The maximum absolute atomic E-state index is 12.5. The van der Waals surface area contributed by atoms with Gasteiger partial charge in [-0.2, -0.15) is 14.8 Å². The fourth-order valence-corrected chi connectivity index (χ4v) is 3.43. The van der Waals surface area contributed by atoms with Crippen molar-refractivity contribution in [3.05, 3.63) is 47.8 Å². The van der Waals surface area contributed by atoms with Gasteiger partial charge in [-0.25, -0.2) is 13.9 Å². The van der Waals surface area contributed by atoms with Crippen molar-refractivity contribution in [1.29, 1.82) is 0 Å². The Labute approximate surface area is 153 Å². The van der Waals surface area contributed by atoms with Gasteiger partial charge in [-0.05, 0) is 12.1 Å². The summed E-state index contributed by atoms with van der Waals surface area (Å²) in [5.74, 6) is -0.743. The number of benzene rings is 1. The van der Waals surface area contributed by atoms with Gasteiger partial charge >= 0.3 is 12.1 Å². The molecule has 134 valence electrons. The number of thiol groups is 1. The van der Waals surface area contributed by atoms with Crippen LogP contribution in [0.3, 0.4) is 0 Å². The highest BCUT2D eigenvalue weighted by Gasteiger charge is 2.52. The fraction of sp³-hybridized carbons (Fsp3) is 0.200. The zero-order valence-electron chi connectivity index (χ0n) is 13.3. The standard InChI is InChI=1S/C15H14N6O4S/c16-13(22)12-11-9(10-7-19(12)15(24)21(10)25-26)6-20(18-11)14(23)17-8-4-2-1-3-5-8/h1-6,10,12,26H,7H2,(H2,16,22)(H,17,23). The molecule has 2 atom stereocenters. The Balaban J connectivity index is 1.71. The summed E-state index contributed by atoms with van der Waals surface area (Å²) in [6.07, 6.45) is 1.46. The highest BCUT2D eigenvalue weighted by atomic mass is 32.1. The van der Waals surface area contributed by atoms with Crippen molar-refractivity contribution in [2.24, 2.45) is 5.73 Å². The third-order valence-corrected chi connectivity index (χ3v) is 4.56. The van der Waals surface area contributed by atoms with Gasteiger partial charge in [-0.3, -0.25) is 4.79 Å². The molecule has 10 nitrogen and oxygen atoms in total. The lowest BCUT2D eigenvalue weighted by atomic mass is 9.98. The molecule has 1 aromatic heterocycles. The predicted octanol–water partition coefficient (Wildman–Crippen LogP) is 1.06. The van der Waals surface area contributed by atoms with E-state index >= 15 is 0 Å². The molecule has 0 saturated carbocycles. The van der Waals surface area contributed by atoms with E-state index in [0.29, 0.717) is 11.3 Å². The van der Waals surface area contributed by atoms with Gasteiger partial charge in [-0.15, -0.1) is 0 Å². The number of hydrogen-bond acceptors (Lipinski definition) is 6. The van der Waals surface area contributed by atoms with Crippen LogP contribution in [-0.4, -0.2) is 44.3 Å². The van der Waals surface area contributed by atoms with E-state index in [4.69, 9.17) is 10.0 Å². The zero-order valence-corrected chi connectivity index (χ0v) is 14.2. The van der Waals surface area contributed by atoms with Crippen molar-refractivity contribution in [2.75, 3.05) is 11.9 Å². The number of carbonyl (C=O) groups excluding carboxylic acids is 3. The van der Waals surface area contributed by atoms with Crippen molar-refractivity contribution < 1.29 is 18.7 Å². The Bertz CT molecular complexity index is 901. The van der Waals surface area contributed by atoms with Gasteiger partial charge < -0.3 is 16.0 Å². The smallest absolute Gasteiger partial charge is 0.346 e. The van der Waals surface area contributed by atoms with Crippen LogP contribution in [0.4, 0.5) is 15.3 Å². The number of urea groups is 1. The molecule has 3 N–H and O–H groups in total. The molecular weight excluding hydrogens is 360 g/mol. The number of hydrogen-bond donors (Lipinski definition) is 3. The number of nitrogens with one attached hydrogen (secondary N) is 1. The van der Waals surface area contributed by atoms with Crippen LogP contribution >= 0.6 is 12.9 Å². The number of anilines is 1. The monoisotopic (exact) mass is 374 g/mol. The number of amides is 4. The van der Waals surface area contributed by atoms with Crippen LogP contribution in [0.25, 0.3) is 0 Å². The van der Waals surface area contributed by atoms with E-state index in [1.807, 2.05) is 6.07 Å². The van der Waals surface area contributed by atoms with Gasteiger partial charge in [-0.1, -0.05) is 18.2 Å². The second-order valence-electron chi connectivity index (χ2n) is 5.87. The molecule has 2 aliphatic rings. The summed E-state index contributed by atoms with van der Waals surface area (Å²) in [5.41, 5.74) is 6.81. The van der Waals surface area contributed by atoms with Gasteiger partial charge in [0, 0.05) is 30.4 Å². The lowest BCUT2D eigenvalue weighted by Gasteiger charge is -2.26. The first-order valence-electron chi connectivity index (χ1n) is 7.68. The van der Waals surface area contributed by atoms with Crippen LogP contribution in [0.5, 0.6) is 0 Å². The molecule has 4 amide bonds. The van der Waals surface area contributed by atoms with Crippen LogP contribution in [0.1, 0.15) is 23.3 Å². The zero-order chi connectivity index (χ0) is 18.4. The summed E-state index contributed by atoms with van der Waals surface area (Å²) in [6.45, 7) is 0.187. The third-order valence-electron chi connectivity index (χ3n) is 4.38. The summed E-state index contributed by atoms with van der Waals surface area (Å²) < 4.78 is 5.91. The van der Waals surface area contributed by atoms with E-state index in [0.717, 1.165) is 9.75 Å². The SMILES string of the molecule is NC(=O)C1c2nn(C(=O)Nc3ccccc3)cc2C2CN1C(=O)N2OS. The van der Waals surface area contributed by atoms with E-state index in [-0.39, 0.29) is 12.2 Å². The van der Waals surface area contributed by atoms with Crippen LogP contribution in [0.15, 0.2) is 36.5 Å². The Morgan fingerprint density at radius 3 is 2.69 bits per heavy atom. The van der Waals surface area contributed by atoms with Crippen LogP contribution < -0.4 is 11.1 Å². The largest absolute Gasteiger partial charge is 0.368 e. The summed E-state index contributed by atoms with van der Waals surface area (Å²) in [5, 5.41) is 7.91. The van der Waals surface area contributed by atoms with E-state index in [1.165, 1.54) is 11.1 Å². The number of nitrogens with two attached hydrogens (primary N) is 1. The third kappa shape index (κ3) is 2.40. The molecule has 0 spiro atoms. The lowest BCUT2D eigenvalue weighted by molar-refractivity contribution is -0.122. The minimum atomic E-state index is -1.08. The second kappa shape index (κ2) is 6.04. The molecule has 1 fully saturated rings. The summed E-state index contributed by atoms with van der Waals surface area (Å²) in [6, 6.07) is 6.20. The molecule has 3 heterocycles. The normalized spacial score (nSPS) is 20.9. The molecule has 2 aliphatic heterocycles. The van der Waals surface area contributed by atoms with Crippen LogP contribution in [-0.2, 0) is 9.08 Å². The molecule has 2 unspecified atom stereocenters. The topological polar surface area (TPSA) is 123 Å². The maximum Gasteiger partial charge on any atom is 0.346 e. The molecular formula is C15H14N6O4S. The minimum absolute atomic E-state index is 0.187. The first-order valence-corrected chi connectivity index (χ1v) is 8.04. The number of primary amides is 1. The van der Waals surface area contributed by atoms with Gasteiger partial charge in [0.2, 0.25) is 5.91 Å². The molecule has 4 rings (SSSR count). The quantitative estimate of drug-likeness (QED) is 0.548. The van der Waals surface area contributed by atoms with Crippen molar-refractivity contribution >= 4 is 36.6 Å². The van der Waals surface area contributed by atoms with Crippen LogP contribution in [0.2, 0.25) is 0 Å². The Morgan fingerprint density at radius 2 is 2.04 bits per heavy atom. The number of fused-ring (bicyclic) bond motifs is 4. The molecule has 26 heavy (non-hydrogen) atoms. The lowest BCUT2D eigenvalue weighted by Crippen LogP contribution is -2.41. The summed E-state index contributed by atoms with van der Waals surface area (Å²) in [4.78, 5) is 37.9. The number of aromatic nitrogens is 2. The number of rotatable bonds is 3. The number of hydroxylamine groups is 2. The molecule has 11 heteroatoms. The van der Waals surface area contributed by atoms with E-state index in [2.05, 4.69) is 23.3 Å². The fourth-order valence-electron chi connectivity index (χ4n) is 3.24. The number of para-hydroxylation sites is 1. The number of nitrogens with zero attached hydrogens (tertiary/aromatic N) is 4. The van der Waals surface area contributed by atoms with Gasteiger partial charge in [0.1, 0.15) is 11.7 Å². The molecule has 1 aromatic carbocycles. The van der Waals surface area contributed by atoms with Crippen molar-refractivity contribution in [3.63, 3.8) is 0 Å². The van der Waals surface area contributed by atoms with E-state index in [9.17, 15) is 14.4 Å². The van der Waals surface area contributed by atoms with E-state index in [1.54, 1.807) is 24.3 Å². The second-order valence-corrected chi connectivity index (χ2v) is 6.04. The molecule has 1 saturated heterocycles. The average Bonchev–Trinajstić information content (AvgIpc) is 3.18. The predicted molar refractivity (Wildman–Crippen MR) is 91.8 cm³/mol. The maximum atomic E-state index is 12.5. The first-order chi connectivity index (χ1) is 12.5. The van der Waals surface area contributed by atoms with E-state index < -0.39 is 30.1 Å². The molecule has 0 aliphatic carbocycles. The summed E-state index contributed by atoms with van der Waals surface area (Å²) >= 11 is 3.70. The van der Waals surface area contributed by atoms with Crippen molar-refractivity contribution in [3.8, 4) is 0 Å². The Morgan fingerprint density at radius 1 is 1.31 bits per heavy atom. The van der Waals surface area contributed by atoms with Gasteiger partial charge in [0.25, 0.3) is 0 Å².